The fraction of sp³-hybridized carbons (Fsp3) is 0.519. The number of nitrogens with two attached hydrogens (primary N) is 2. The number of carbonyl (C=O) groups is 2. The Morgan fingerprint density at radius 3 is 2.34 bits per heavy atom. The number of pyridine rings is 1. The summed E-state index contributed by atoms with van der Waals surface area (Å²) in [5.74, 6) is 0.979. The highest BCUT2D eigenvalue weighted by atomic mass is 16.5. The molecule has 3 rings (SSSR count). The van der Waals surface area contributed by atoms with E-state index in [1.54, 1.807) is 12.4 Å². The van der Waals surface area contributed by atoms with Gasteiger partial charge in [-0.3, -0.25) is 14.6 Å². The Morgan fingerprint density at radius 2 is 1.69 bits per heavy atom. The van der Waals surface area contributed by atoms with Gasteiger partial charge in [-0.25, -0.2) is 0 Å². The Hall–Kier alpha value is -2.97. The molecule has 1 aliphatic carbocycles. The Balaban J connectivity index is 1.58. The second-order valence-corrected chi connectivity index (χ2v) is 9.29. The van der Waals surface area contributed by atoms with Gasteiger partial charge in [0.15, 0.2) is 0 Å². The first-order valence-electron chi connectivity index (χ1n) is 12.7. The van der Waals surface area contributed by atoms with Crippen molar-refractivity contribution >= 4 is 11.8 Å². The van der Waals surface area contributed by atoms with Gasteiger partial charge in [-0.15, -0.1) is 0 Å². The zero-order valence-electron chi connectivity index (χ0n) is 20.5. The average molecular weight is 482 g/mol. The van der Waals surface area contributed by atoms with E-state index in [1.165, 1.54) is 0 Å². The molecule has 0 unspecified atom stereocenters. The lowest BCUT2D eigenvalue weighted by atomic mass is 9.81. The first-order valence-corrected chi connectivity index (χ1v) is 12.7. The molecule has 1 fully saturated rings. The van der Waals surface area contributed by atoms with Gasteiger partial charge in [-0.1, -0.05) is 12.1 Å². The summed E-state index contributed by atoms with van der Waals surface area (Å²) in [5, 5.41) is 5.98. The third kappa shape index (κ3) is 8.96. The number of aromatic nitrogens is 1. The smallest absolute Gasteiger partial charge is 0.242 e. The van der Waals surface area contributed by atoms with E-state index < -0.39 is 6.04 Å². The van der Waals surface area contributed by atoms with Crippen molar-refractivity contribution in [2.75, 3.05) is 19.6 Å². The van der Waals surface area contributed by atoms with Crippen LogP contribution >= 0.6 is 0 Å². The van der Waals surface area contributed by atoms with E-state index >= 15 is 0 Å². The molecule has 8 nitrogen and oxygen atoms in total. The van der Waals surface area contributed by atoms with Gasteiger partial charge >= 0.3 is 0 Å². The van der Waals surface area contributed by atoms with Crippen LogP contribution in [0.5, 0.6) is 5.75 Å². The minimum absolute atomic E-state index is 0.0418. The van der Waals surface area contributed by atoms with E-state index in [4.69, 9.17) is 16.2 Å². The van der Waals surface area contributed by atoms with Crippen molar-refractivity contribution in [2.24, 2.45) is 23.3 Å². The van der Waals surface area contributed by atoms with Gasteiger partial charge in [0.1, 0.15) is 18.4 Å². The van der Waals surface area contributed by atoms with Crippen molar-refractivity contribution in [2.45, 2.75) is 57.6 Å². The van der Waals surface area contributed by atoms with Crippen LogP contribution in [0.15, 0.2) is 48.8 Å². The molecule has 2 aromatic rings. The topological polar surface area (TPSA) is 132 Å². The molecule has 1 aromatic carbocycles. The zero-order valence-corrected chi connectivity index (χ0v) is 20.5. The number of benzene rings is 1. The minimum Gasteiger partial charge on any atom is -0.489 e. The number of carbonyl (C=O) groups excluding carboxylic acids is 2. The standard InChI is InChI=1S/C27H39N5O3/c28-13-1-2-14-31-27(34)25(32-26(33)23-7-3-21(18-29)4-8-23)17-20-5-9-24(10-6-20)35-19-22-11-15-30-16-12-22/h5-6,9-12,15-16,21,23,25H,1-4,7-8,13-14,17-19,28-29H2,(H,31,34)(H,32,33)/t21?,23?,25-/m0/s1. The Labute approximate surface area is 208 Å². The van der Waals surface area contributed by atoms with Gasteiger partial charge in [0, 0.05) is 31.3 Å². The van der Waals surface area contributed by atoms with Crippen LogP contribution in [-0.2, 0) is 22.6 Å². The lowest BCUT2D eigenvalue weighted by Crippen LogP contribution is -2.50. The lowest BCUT2D eigenvalue weighted by Gasteiger charge is -2.28. The summed E-state index contributed by atoms with van der Waals surface area (Å²) < 4.78 is 5.84. The molecular formula is C27H39N5O3. The summed E-state index contributed by atoms with van der Waals surface area (Å²) in [6.07, 6.45) is 9.12. The molecule has 2 amide bonds. The van der Waals surface area contributed by atoms with Crippen LogP contribution in [0.2, 0.25) is 0 Å². The normalized spacial score (nSPS) is 18.5. The predicted molar refractivity (Wildman–Crippen MR) is 136 cm³/mol. The summed E-state index contributed by atoms with van der Waals surface area (Å²) >= 11 is 0. The Kier molecular flexibility index (Phi) is 11.0. The van der Waals surface area contributed by atoms with Gasteiger partial charge in [0.25, 0.3) is 0 Å². The molecule has 1 aromatic heterocycles. The first-order chi connectivity index (χ1) is 17.1. The Morgan fingerprint density at radius 1 is 0.971 bits per heavy atom. The second kappa shape index (κ2) is 14.4. The molecule has 8 heteroatoms. The molecule has 1 saturated carbocycles. The molecule has 0 aliphatic heterocycles. The van der Waals surface area contributed by atoms with Crippen molar-refractivity contribution in [3.63, 3.8) is 0 Å². The van der Waals surface area contributed by atoms with Crippen molar-refractivity contribution in [1.82, 2.24) is 15.6 Å². The molecule has 1 atom stereocenters. The number of hydrogen-bond donors (Lipinski definition) is 4. The largest absolute Gasteiger partial charge is 0.489 e. The molecular weight excluding hydrogens is 442 g/mol. The maximum atomic E-state index is 13.0. The van der Waals surface area contributed by atoms with Gasteiger partial charge in [-0.05, 0) is 92.9 Å². The third-order valence-corrected chi connectivity index (χ3v) is 6.63. The van der Waals surface area contributed by atoms with Crippen molar-refractivity contribution < 1.29 is 14.3 Å². The lowest BCUT2D eigenvalue weighted by molar-refractivity contribution is -0.131. The van der Waals surface area contributed by atoms with Gasteiger partial charge in [0.05, 0.1) is 0 Å². The number of ether oxygens (including phenoxy) is 1. The molecule has 190 valence electrons. The Bertz CT molecular complexity index is 899. The number of nitrogens with one attached hydrogen (secondary N) is 2. The van der Waals surface area contributed by atoms with E-state index in [9.17, 15) is 9.59 Å². The molecule has 0 bridgehead atoms. The predicted octanol–water partition coefficient (Wildman–Crippen LogP) is 2.31. The van der Waals surface area contributed by atoms with Crippen LogP contribution in [0.25, 0.3) is 0 Å². The zero-order chi connectivity index (χ0) is 24.9. The number of rotatable bonds is 13. The van der Waals surface area contributed by atoms with Crippen LogP contribution in [-0.4, -0.2) is 42.5 Å². The SMILES string of the molecule is NCCCCNC(=O)[C@H](Cc1ccc(OCc2ccncc2)cc1)NC(=O)C1CCC(CN)CC1. The van der Waals surface area contributed by atoms with E-state index in [0.29, 0.717) is 38.6 Å². The van der Waals surface area contributed by atoms with Gasteiger partial charge in [-0.2, -0.15) is 0 Å². The number of hydrogen-bond acceptors (Lipinski definition) is 6. The molecule has 35 heavy (non-hydrogen) atoms. The number of unbranched alkanes of at least 4 members (excludes halogenated alkanes) is 1. The van der Waals surface area contributed by atoms with Crippen LogP contribution < -0.4 is 26.8 Å². The highest BCUT2D eigenvalue weighted by Gasteiger charge is 2.29. The molecule has 1 aliphatic rings. The monoisotopic (exact) mass is 481 g/mol. The fourth-order valence-electron chi connectivity index (χ4n) is 4.37. The van der Waals surface area contributed by atoms with E-state index in [-0.39, 0.29) is 17.7 Å². The third-order valence-electron chi connectivity index (χ3n) is 6.63. The van der Waals surface area contributed by atoms with Crippen molar-refractivity contribution in [3.05, 3.63) is 59.9 Å². The van der Waals surface area contributed by atoms with Gasteiger partial charge in [0.2, 0.25) is 11.8 Å². The summed E-state index contributed by atoms with van der Waals surface area (Å²) in [4.78, 5) is 29.9. The van der Waals surface area contributed by atoms with Crippen molar-refractivity contribution in [1.29, 1.82) is 0 Å². The van der Waals surface area contributed by atoms with E-state index in [0.717, 1.165) is 55.4 Å². The highest BCUT2D eigenvalue weighted by Crippen LogP contribution is 2.28. The molecule has 0 saturated heterocycles. The highest BCUT2D eigenvalue weighted by molar-refractivity contribution is 5.88. The van der Waals surface area contributed by atoms with E-state index in [2.05, 4.69) is 15.6 Å². The fourth-order valence-corrected chi connectivity index (χ4v) is 4.37. The maximum absolute atomic E-state index is 13.0. The van der Waals surface area contributed by atoms with E-state index in [1.807, 2.05) is 36.4 Å². The second-order valence-electron chi connectivity index (χ2n) is 9.29. The molecule has 6 N–H and O–H groups in total. The minimum atomic E-state index is -0.629. The first kappa shape index (κ1) is 26.6. The quantitative estimate of drug-likeness (QED) is 0.325. The molecule has 1 heterocycles. The van der Waals surface area contributed by atoms with Crippen LogP contribution in [0.4, 0.5) is 0 Å². The maximum Gasteiger partial charge on any atom is 0.242 e. The number of nitrogens with zero attached hydrogens (tertiary/aromatic N) is 1. The van der Waals surface area contributed by atoms with Crippen LogP contribution in [0, 0.1) is 11.8 Å². The summed E-state index contributed by atoms with van der Waals surface area (Å²) in [7, 11) is 0. The molecule has 0 radical (unpaired) electrons. The summed E-state index contributed by atoms with van der Waals surface area (Å²) in [5.41, 5.74) is 13.3. The van der Waals surface area contributed by atoms with Gasteiger partial charge < -0.3 is 26.8 Å². The summed E-state index contributed by atoms with van der Waals surface area (Å²) in [6.45, 7) is 2.27. The van der Waals surface area contributed by atoms with Crippen LogP contribution in [0.3, 0.4) is 0 Å². The summed E-state index contributed by atoms with van der Waals surface area (Å²) in [6, 6.07) is 10.9. The number of amides is 2. The average Bonchev–Trinajstić information content (AvgIpc) is 2.90. The van der Waals surface area contributed by atoms with Crippen LogP contribution in [0.1, 0.15) is 49.7 Å². The molecule has 0 spiro atoms. The van der Waals surface area contributed by atoms with Crippen molar-refractivity contribution in [3.8, 4) is 5.75 Å².